The Hall–Kier alpha value is -2.73. The quantitative estimate of drug-likeness (QED) is 0.738. The number of furan rings is 1. The minimum absolute atomic E-state index is 0.0423. The number of nitrogens with two attached hydrogens (primary N) is 1. The van der Waals surface area contributed by atoms with Crippen molar-refractivity contribution in [1.82, 2.24) is 10.5 Å². The maximum atomic E-state index is 12.4. The molecule has 1 aromatic carbocycles. The van der Waals surface area contributed by atoms with Crippen molar-refractivity contribution < 1.29 is 13.7 Å². The van der Waals surface area contributed by atoms with Gasteiger partial charge in [0.05, 0.1) is 0 Å². The van der Waals surface area contributed by atoms with E-state index < -0.39 is 0 Å². The number of carbonyl (C=O) groups excluding carboxylic acids is 1. The molecule has 3 N–H and O–H groups in total. The summed E-state index contributed by atoms with van der Waals surface area (Å²) < 4.78 is 10.4. The van der Waals surface area contributed by atoms with Crippen LogP contribution in [-0.2, 0) is 6.42 Å². The molecular weight excluding hydrogens is 330 g/mol. The first-order chi connectivity index (χ1) is 11.5. The number of amides is 1. The molecule has 0 saturated carbocycles. The van der Waals surface area contributed by atoms with Gasteiger partial charge in [-0.2, -0.15) is 0 Å². The van der Waals surface area contributed by atoms with Crippen LogP contribution in [-0.4, -0.2) is 17.6 Å². The van der Waals surface area contributed by atoms with E-state index in [0.29, 0.717) is 35.2 Å². The first kappa shape index (κ1) is 16.1. The van der Waals surface area contributed by atoms with Crippen LogP contribution in [0.5, 0.6) is 0 Å². The summed E-state index contributed by atoms with van der Waals surface area (Å²) in [7, 11) is 0. The van der Waals surface area contributed by atoms with Gasteiger partial charge in [0.25, 0.3) is 5.91 Å². The molecule has 0 aliphatic rings. The van der Waals surface area contributed by atoms with Crippen molar-refractivity contribution in [3.63, 3.8) is 0 Å². The average molecular weight is 346 g/mol. The second kappa shape index (κ2) is 6.80. The predicted molar refractivity (Wildman–Crippen MR) is 90.8 cm³/mol. The number of hydrogen-bond donors (Lipinski definition) is 2. The lowest BCUT2D eigenvalue weighted by molar-refractivity contribution is 0.0955. The number of anilines is 1. The molecule has 0 spiro atoms. The van der Waals surface area contributed by atoms with Gasteiger partial charge in [0.2, 0.25) is 5.88 Å². The number of nitrogen functional groups attached to an aromatic ring is 1. The number of halogens is 1. The molecule has 0 aliphatic heterocycles. The molecule has 0 saturated heterocycles. The SMILES string of the molecule is Cc1ccc(-c2noc(N)c2C(=O)NCCc2cccc(Cl)c2)o1. The lowest BCUT2D eigenvalue weighted by Crippen LogP contribution is -2.26. The third-order valence-electron chi connectivity index (χ3n) is 3.51. The van der Waals surface area contributed by atoms with E-state index in [9.17, 15) is 4.79 Å². The summed E-state index contributed by atoms with van der Waals surface area (Å²) in [5.41, 5.74) is 7.24. The van der Waals surface area contributed by atoms with E-state index in [2.05, 4.69) is 10.5 Å². The number of aryl methyl sites for hydroxylation is 1. The van der Waals surface area contributed by atoms with Gasteiger partial charge >= 0.3 is 0 Å². The van der Waals surface area contributed by atoms with Crippen LogP contribution < -0.4 is 11.1 Å². The minimum atomic E-state index is -0.361. The van der Waals surface area contributed by atoms with Crippen LogP contribution in [0.25, 0.3) is 11.5 Å². The number of carbonyl (C=O) groups is 1. The van der Waals surface area contributed by atoms with Gasteiger partial charge in [0.1, 0.15) is 11.3 Å². The van der Waals surface area contributed by atoms with Crippen LogP contribution in [0.1, 0.15) is 21.7 Å². The summed E-state index contributed by atoms with van der Waals surface area (Å²) in [5.74, 6) is 0.742. The van der Waals surface area contributed by atoms with Crippen molar-refractivity contribution in [2.24, 2.45) is 0 Å². The molecule has 0 fully saturated rings. The number of nitrogens with zero attached hydrogens (tertiary/aromatic N) is 1. The predicted octanol–water partition coefficient (Wildman–Crippen LogP) is 3.45. The average Bonchev–Trinajstić information content (AvgIpc) is 3.13. The van der Waals surface area contributed by atoms with Crippen molar-refractivity contribution in [3.8, 4) is 11.5 Å². The first-order valence-electron chi connectivity index (χ1n) is 7.39. The van der Waals surface area contributed by atoms with Crippen molar-refractivity contribution in [3.05, 3.63) is 58.3 Å². The van der Waals surface area contributed by atoms with E-state index in [1.165, 1.54) is 0 Å². The van der Waals surface area contributed by atoms with Crippen LogP contribution in [0.3, 0.4) is 0 Å². The zero-order valence-electron chi connectivity index (χ0n) is 13.0. The van der Waals surface area contributed by atoms with Gasteiger partial charge in [-0.15, -0.1) is 0 Å². The minimum Gasteiger partial charge on any atom is -0.460 e. The molecule has 124 valence electrons. The number of aromatic nitrogens is 1. The molecule has 3 aromatic rings. The van der Waals surface area contributed by atoms with E-state index >= 15 is 0 Å². The largest absolute Gasteiger partial charge is 0.460 e. The molecule has 0 aliphatic carbocycles. The Kier molecular flexibility index (Phi) is 4.57. The summed E-state index contributed by atoms with van der Waals surface area (Å²) in [6.45, 7) is 2.23. The molecule has 1 amide bonds. The molecule has 0 unspecified atom stereocenters. The van der Waals surface area contributed by atoms with Gasteiger partial charge in [0, 0.05) is 11.6 Å². The van der Waals surface area contributed by atoms with Gasteiger partial charge < -0.3 is 20.0 Å². The normalized spacial score (nSPS) is 10.8. The van der Waals surface area contributed by atoms with E-state index in [4.69, 9.17) is 26.3 Å². The summed E-state index contributed by atoms with van der Waals surface area (Å²) in [4.78, 5) is 12.4. The molecule has 6 nitrogen and oxygen atoms in total. The van der Waals surface area contributed by atoms with E-state index in [0.717, 1.165) is 5.56 Å². The van der Waals surface area contributed by atoms with Gasteiger partial charge in [-0.1, -0.05) is 28.9 Å². The zero-order valence-corrected chi connectivity index (χ0v) is 13.8. The van der Waals surface area contributed by atoms with Crippen LogP contribution in [0.15, 0.2) is 45.3 Å². The Morgan fingerprint density at radius 1 is 1.33 bits per heavy atom. The zero-order chi connectivity index (χ0) is 17.1. The molecule has 2 heterocycles. The smallest absolute Gasteiger partial charge is 0.259 e. The standard InChI is InChI=1S/C17H16ClN3O3/c1-10-5-6-13(23-10)15-14(16(19)24-21-15)17(22)20-8-7-11-3-2-4-12(18)9-11/h2-6,9H,7-8,19H2,1H3,(H,20,22). The first-order valence-corrected chi connectivity index (χ1v) is 7.77. The molecule has 7 heteroatoms. The Morgan fingerprint density at radius 3 is 2.88 bits per heavy atom. The molecule has 0 bridgehead atoms. The third kappa shape index (κ3) is 3.44. The van der Waals surface area contributed by atoms with Gasteiger partial charge in [-0.05, 0) is 43.2 Å². The second-order valence-corrected chi connectivity index (χ2v) is 5.75. The summed E-state index contributed by atoms with van der Waals surface area (Å²) in [6.07, 6.45) is 0.646. The highest BCUT2D eigenvalue weighted by Crippen LogP contribution is 2.28. The number of rotatable bonds is 5. The topological polar surface area (TPSA) is 94.3 Å². The molecular formula is C17H16ClN3O3. The van der Waals surface area contributed by atoms with Crippen LogP contribution >= 0.6 is 11.6 Å². The highest BCUT2D eigenvalue weighted by Gasteiger charge is 2.24. The van der Waals surface area contributed by atoms with Crippen LogP contribution in [0.2, 0.25) is 5.02 Å². The number of benzene rings is 1. The fraction of sp³-hybridized carbons (Fsp3) is 0.176. The van der Waals surface area contributed by atoms with Crippen molar-refractivity contribution >= 4 is 23.4 Å². The molecule has 0 atom stereocenters. The van der Waals surface area contributed by atoms with Crippen LogP contribution in [0, 0.1) is 6.92 Å². The van der Waals surface area contributed by atoms with E-state index in [1.54, 1.807) is 25.1 Å². The summed E-state index contributed by atoms with van der Waals surface area (Å²) in [6, 6.07) is 11.0. The fourth-order valence-electron chi connectivity index (χ4n) is 2.35. The Labute approximate surface area is 143 Å². The highest BCUT2D eigenvalue weighted by atomic mass is 35.5. The lowest BCUT2D eigenvalue weighted by Gasteiger charge is -2.05. The Balaban J connectivity index is 1.70. The highest BCUT2D eigenvalue weighted by molar-refractivity contribution is 6.30. The second-order valence-electron chi connectivity index (χ2n) is 5.32. The Morgan fingerprint density at radius 2 is 2.17 bits per heavy atom. The lowest BCUT2D eigenvalue weighted by atomic mass is 10.1. The summed E-state index contributed by atoms with van der Waals surface area (Å²) in [5, 5.41) is 7.30. The Bertz CT molecular complexity index is 870. The van der Waals surface area contributed by atoms with Crippen molar-refractivity contribution in [1.29, 1.82) is 0 Å². The van der Waals surface area contributed by atoms with Crippen molar-refractivity contribution in [2.45, 2.75) is 13.3 Å². The molecule has 0 radical (unpaired) electrons. The van der Waals surface area contributed by atoms with E-state index in [1.807, 2.05) is 18.2 Å². The van der Waals surface area contributed by atoms with Crippen LogP contribution in [0.4, 0.5) is 5.88 Å². The van der Waals surface area contributed by atoms with Crippen molar-refractivity contribution in [2.75, 3.05) is 12.3 Å². The maximum Gasteiger partial charge on any atom is 0.259 e. The summed E-state index contributed by atoms with van der Waals surface area (Å²) >= 11 is 5.94. The molecule has 3 rings (SSSR count). The third-order valence-corrected chi connectivity index (χ3v) is 3.74. The number of nitrogens with one attached hydrogen (secondary N) is 1. The number of hydrogen-bond acceptors (Lipinski definition) is 5. The molecule has 24 heavy (non-hydrogen) atoms. The van der Waals surface area contributed by atoms with Gasteiger partial charge in [-0.25, -0.2) is 0 Å². The maximum absolute atomic E-state index is 12.4. The monoisotopic (exact) mass is 345 g/mol. The van der Waals surface area contributed by atoms with Gasteiger partial charge in [0.15, 0.2) is 11.5 Å². The fourth-order valence-corrected chi connectivity index (χ4v) is 2.57. The van der Waals surface area contributed by atoms with E-state index in [-0.39, 0.29) is 17.4 Å². The van der Waals surface area contributed by atoms with Gasteiger partial charge in [-0.3, -0.25) is 4.79 Å². The molecule has 2 aromatic heterocycles.